The van der Waals surface area contributed by atoms with Gasteiger partial charge in [-0.2, -0.15) is 37.2 Å². The molecule has 1 saturated heterocycles. The molecule has 6 aromatic rings. The summed E-state index contributed by atoms with van der Waals surface area (Å²) in [4.78, 5) is 19.1. The van der Waals surface area contributed by atoms with E-state index >= 15 is 8.78 Å². The van der Waals surface area contributed by atoms with Crippen LogP contribution < -0.4 is 10.0 Å². The summed E-state index contributed by atoms with van der Waals surface area (Å²) in [5, 5.41) is 15.4. The topological polar surface area (TPSA) is 151 Å². The summed E-state index contributed by atoms with van der Waals surface area (Å²) < 4.78 is 139. The minimum atomic E-state index is -5.15. The highest BCUT2D eigenvalue weighted by atomic mass is 35.5. The molecule has 2 aliphatic rings. The van der Waals surface area contributed by atoms with E-state index in [1.807, 2.05) is 0 Å². The number of halogens is 8. The zero-order valence-corrected chi connectivity index (χ0v) is 34.9. The van der Waals surface area contributed by atoms with E-state index in [0.29, 0.717) is 59.1 Å². The number of ether oxygens (including phenoxy) is 1. The third-order valence-electron chi connectivity index (χ3n) is 11.0. The van der Waals surface area contributed by atoms with Gasteiger partial charge in [-0.25, -0.2) is 22.2 Å². The quantitative estimate of drug-likeness (QED) is 0.0921. The van der Waals surface area contributed by atoms with Gasteiger partial charge in [0.15, 0.2) is 11.5 Å². The lowest BCUT2D eigenvalue weighted by Gasteiger charge is -2.23. The number of hydrogen-bond donors (Lipinski definition) is 2. The standard InChI is InChI=1S/C41H37ClF7N9O4S/c1-4-22-17-40(45,46)38-33(22)37(41(47,48)49)53-58(38)20-32(59)51-31(15-21-13-24(43)16-25(44)14-21)35-27(6-8-30(52-35)23-18-50-57(19-23)26-9-11-62-12-10-26)28-5-7-29(42)34-36(28)56(2)54-39(34)55-63(3,60)61/h4-8,13-14,16,18-19,22,26,31H,1,9-12,15,17,20H2,2-3H3,(H,51,59)(H,54,55)/t22-,31?/m0/s1. The maximum atomic E-state index is 15.5. The Morgan fingerprint density at radius 3 is 2.44 bits per heavy atom. The average molecular weight is 920 g/mol. The number of nitrogens with zero attached hydrogens (tertiary/aromatic N) is 7. The highest BCUT2D eigenvalue weighted by molar-refractivity contribution is 7.92. The summed E-state index contributed by atoms with van der Waals surface area (Å²) in [5.74, 6) is -8.32. The van der Waals surface area contributed by atoms with Crippen molar-refractivity contribution in [1.29, 1.82) is 0 Å². The summed E-state index contributed by atoms with van der Waals surface area (Å²) >= 11 is 6.64. The molecule has 2 N–H and O–H groups in total. The summed E-state index contributed by atoms with van der Waals surface area (Å²) in [6.07, 6.45) is 0.110. The molecule has 63 heavy (non-hydrogen) atoms. The van der Waals surface area contributed by atoms with Gasteiger partial charge in [0.25, 0.3) is 5.92 Å². The van der Waals surface area contributed by atoms with Gasteiger partial charge in [-0.15, -0.1) is 6.58 Å². The Bertz CT molecular complexity index is 2870. The predicted octanol–water partition coefficient (Wildman–Crippen LogP) is 8.23. The van der Waals surface area contributed by atoms with Crippen LogP contribution in [0.2, 0.25) is 5.02 Å². The van der Waals surface area contributed by atoms with E-state index in [1.54, 1.807) is 35.3 Å². The molecule has 1 amide bonds. The van der Waals surface area contributed by atoms with Crippen LogP contribution in [0, 0.1) is 11.6 Å². The van der Waals surface area contributed by atoms with Crippen molar-refractivity contribution < 1.29 is 48.7 Å². The Hall–Kier alpha value is -5.80. The fourth-order valence-corrected chi connectivity index (χ4v) is 9.10. The molecule has 1 aliphatic heterocycles. The van der Waals surface area contributed by atoms with Gasteiger partial charge in [0.2, 0.25) is 15.9 Å². The van der Waals surface area contributed by atoms with Crippen molar-refractivity contribution in [2.75, 3.05) is 24.2 Å². The average Bonchev–Trinajstić information content (AvgIpc) is 3.97. The van der Waals surface area contributed by atoms with Crippen molar-refractivity contribution in [1.82, 2.24) is 39.6 Å². The van der Waals surface area contributed by atoms with E-state index in [-0.39, 0.29) is 45.5 Å². The van der Waals surface area contributed by atoms with E-state index < -0.39 is 81.5 Å². The minimum Gasteiger partial charge on any atom is -0.381 e. The molecule has 0 radical (unpaired) electrons. The monoisotopic (exact) mass is 919 g/mol. The highest BCUT2D eigenvalue weighted by Crippen LogP contribution is 2.52. The van der Waals surface area contributed by atoms with Crippen LogP contribution >= 0.6 is 11.6 Å². The molecule has 5 heterocycles. The lowest BCUT2D eigenvalue weighted by molar-refractivity contribution is -0.142. The molecule has 22 heteroatoms. The zero-order chi connectivity index (χ0) is 45.2. The van der Waals surface area contributed by atoms with E-state index in [1.165, 1.54) is 17.8 Å². The van der Waals surface area contributed by atoms with Crippen molar-refractivity contribution in [2.24, 2.45) is 7.05 Å². The number of aromatic nitrogens is 7. The van der Waals surface area contributed by atoms with Crippen molar-refractivity contribution >= 4 is 44.3 Å². The molecule has 2 atom stereocenters. The fraction of sp³-hybridized carbons (Fsp3) is 0.341. The number of benzene rings is 2. The second-order valence-corrected chi connectivity index (χ2v) is 17.6. The lowest BCUT2D eigenvalue weighted by atomic mass is 9.93. The first-order valence-electron chi connectivity index (χ1n) is 19.4. The molecular formula is C41H37ClF7N9O4S. The first-order valence-corrected chi connectivity index (χ1v) is 21.7. The molecule has 1 fully saturated rings. The number of amides is 1. The zero-order valence-electron chi connectivity index (χ0n) is 33.4. The van der Waals surface area contributed by atoms with Crippen molar-refractivity contribution in [2.45, 2.75) is 62.3 Å². The molecular weight excluding hydrogens is 883 g/mol. The number of fused-ring (bicyclic) bond motifs is 2. The predicted molar refractivity (Wildman–Crippen MR) is 217 cm³/mol. The molecule has 332 valence electrons. The summed E-state index contributed by atoms with van der Waals surface area (Å²) in [6.45, 7) is 3.38. The second-order valence-electron chi connectivity index (χ2n) is 15.5. The van der Waals surface area contributed by atoms with Gasteiger partial charge in [-0.3, -0.25) is 23.6 Å². The Balaban J connectivity index is 1.29. The molecule has 1 aliphatic carbocycles. The van der Waals surface area contributed by atoms with Crippen LogP contribution in [0.5, 0.6) is 0 Å². The third-order valence-corrected chi connectivity index (χ3v) is 11.8. The van der Waals surface area contributed by atoms with Gasteiger partial charge in [0.1, 0.15) is 23.9 Å². The molecule has 4 aromatic heterocycles. The largest absolute Gasteiger partial charge is 0.435 e. The minimum absolute atomic E-state index is 0.0180. The van der Waals surface area contributed by atoms with Crippen LogP contribution in [0.25, 0.3) is 33.3 Å². The molecule has 1 unspecified atom stereocenters. The smallest absolute Gasteiger partial charge is 0.381 e. The fourth-order valence-electron chi connectivity index (χ4n) is 8.36. The van der Waals surface area contributed by atoms with Crippen LogP contribution in [0.1, 0.15) is 65.5 Å². The normalized spacial score (nSPS) is 17.2. The Kier molecular flexibility index (Phi) is 11.4. The maximum absolute atomic E-state index is 15.5. The number of carbonyl (C=O) groups excluding carboxylic acids is 1. The van der Waals surface area contributed by atoms with Crippen LogP contribution in [0.15, 0.2) is 67.5 Å². The molecule has 13 nitrogen and oxygen atoms in total. The summed E-state index contributed by atoms with van der Waals surface area (Å²) in [6, 6.07) is 7.68. The van der Waals surface area contributed by atoms with Gasteiger partial charge in [-0.1, -0.05) is 29.8 Å². The Morgan fingerprint density at radius 1 is 1.08 bits per heavy atom. The first-order chi connectivity index (χ1) is 29.7. The van der Waals surface area contributed by atoms with Crippen molar-refractivity contribution in [3.05, 3.63) is 112 Å². The first kappa shape index (κ1) is 43.8. The number of anilines is 1. The number of carbonyl (C=O) groups is 1. The Labute approximate surface area is 359 Å². The number of alkyl halides is 5. The summed E-state index contributed by atoms with van der Waals surface area (Å²) in [7, 11) is -2.33. The number of allylic oxidation sites excluding steroid dienone is 1. The number of nitrogens with one attached hydrogen (secondary N) is 2. The van der Waals surface area contributed by atoms with Gasteiger partial charge in [0.05, 0.1) is 51.8 Å². The molecule has 2 aromatic carbocycles. The second kappa shape index (κ2) is 16.4. The number of sulfonamides is 1. The third kappa shape index (κ3) is 8.77. The number of rotatable bonds is 12. The van der Waals surface area contributed by atoms with Crippen molar-refractivity contribution in [3.8, 4) is 22.4 Å². The number of pyridine rings is 1. The molecule has 0 spiro atoms. The van der Waals surface area contributed by atoms with E-state index in [0.717, 1.165) is 24.5 Å². The van der Waals surface area contributed by atoms with E-state index in [2.05, 4.69) is 31.9 Å². The Morgan fingerprint density at radius 2 is 1.78 bits per heavy atom. The molecule has 0 bridgehead atoms. The molecule has 8 rings (SSSR count). The van der Waals surface area contributed by atoms with Crippen LogP contribution in [0.4, 0.5) is 36.6 Å². The number of hydrogen-bond acceptors (Lipinski definition) is 8. The lowest BCUT2D eigenvalue weighted by Crippen LogP contribution is -2.35. The van der Waals surface area contributed by atoms with E-state index in [9.17, 15) is 35.2 Å². The maximum Gasteiger partial charge on any atom is 0.435 e. The van der Waals surface area contributed by atoms with Gasteiger partial charge in [0, 0.05) is 67.1 Å². The number of aryl methyl sites for hydroxylation is 1. The van der Waals surface area contributed by atoms with Crippen LogP contribution in [-0.2, 0) is 51.7 Å². The van der Waals surface area contributed by atoms with Gasteiger partial charge < -0.3 is 10.1 Å². The molecule has 0 saturated carbocycles. The SMILES string of the molecule is C=C[C@H]1CC(F)(F)c2c1c(C(F)(F)F)nn2CC(=O)NC(Cc1cc(F)cc(F)c1)c1nc(-c2cnn(C3CCOCC3)c2)ccc1-c1ccc(Cl)c2c(NS(C)(=O)=O)nn(C)c12. The van der Waals surface area contributed by atoms with Crippen molar-refractivity contribution in [3.63, 3.8) is 0 Å². The van der Waals surface area contributed by atoms with Crippen LogP contribution in [-0.4, -0.2) is 68.1 Å². The summed E-state index contributed by atoms with van der Waals surface area (Å²) in [5.41, 5.74) is -1.62. The van der Waals surface area contributed by atoms with Crippen LogP contribution in [0.3, 0.4) is 0 Å². The van der Waals surface area contributed by atoms with E-state index in [4.69, 9.17) is 21.3 Å². The van der Waals surface area contributed by atoms with Gasteiger partial charge >= 0.3 is 6.18 Å². The van der Waals surface area contributed by atoms with Gasteiger partial charge in [-0.05, 0) is 49.1 Å². The highest BCUT2D eigenvalue weighted by Gasteiger charge is 2.53.